The van der Waals surface area contributed by atoms with Gasteiger partial charge in [-0.15, -0.1) is 0 Å². The third kappa shape index (κ3) is 6.25. The van der Waals surface area contributed by atoms with Crippen LogP contribution < -0.4 is 15.5 Å². The van der Waals surface area contributed by atoms with Gasteiger partial charge >= 0.3 is 6.03 Å². The molecule has 3 aromatic rings. The maximum absolute atomic E-state index is 14.0. The molecule has 1 saturated heterocycles. The van der Waals surface area contributed by atoms with Crippen molar-refractivity contribution in [3.63, 3.8) is 0 Å². The average Bonchev–Trinajstić information content (AvgIpc) is 2.93. The van der Waals surface area contributed by atoms with Crippen molar-refractivity contribution in [3.05, 3.63) is 89.7 Å². The van der Waals surface area contributed by atoms with E-state index in [1.54, 1.807) is 35.0 Å². The number of amides is 4. The van der Waals surface area contributed by atoms with Crippen molar-refractivity contribution in [2.45, 2.75) is 25.8 Å². The highest BCUT2D eigenvalue weighted by Crippen LogP contribution is 2.30. The molecule has 9 heteroatoms. The predicted octanol–water partition coefficient (Wildman–Crippen LogP) is 5.19. The van der Waals surface area contributed by atoms with E-state index in [1.165, 1.54) is 12.1 Å². The lowest BCUT2D eigenvalue weighted by Gasteiger charge is -2.37. The number of rotatable bonds is 7. The van der Waals surface area contributed by atoms with Crippen LogP contribution in [0.1, 0.15) is 35.2 Å². The van der Waals surface area contributed by atoms with E-state index in [1.807, 2.05) is 42.5 Å². The van der Waals surface area contributed by atoms with Gasteiger partial charge in [-0.1, -0.05) is 48.9 Å². The summed E-state index contributed by atoms with van der Waals surface area (Å²) in [4.78, 5) is 44.5. The Bertz CT molecular complexity index is 1370. The highest BCUT2D eigenvalue weighted by Gasteiger charge is 2.28. The van der Waals surface area contributed by atoms with Crippen molar-refractivity contribution < 1.29 is 18.8 Å². The normalized spacial score (nSPS) is 15.2. The van der Waals surface area contributed by atoms with Crippen molar-refractivity contribution in [1.29, 1.82) is 0 Å². The Morgan fingerprint density at radius 1 is 0.900 bits per heavy atom. The van der Waals surface area contributed by atoms with Crippen LogP contribution in [0.25, 0.3) is 0 Å². The second-order valence-corrected chi connectivity index (χ2v) is 10.4. The molecule has 8 nitrogen and oxygen atoms in total. The first-order chi connectivity index (χ1) is 19.4. The Hall–Kier alpha value is -4.40. The molecule has 2 fully saturated rings. The van der Waals surface area contributed by atoms with Gasteiger partial charge in [-0.3, -0.25) is 9.59 Å². The van der Waals surface area contributed by atoms with Crippen molar-refractivity contribution in [2.24, 2.45) is 5.92 Å². The van der Waals surface area contributed by atoms with E-state index in [4.69, 9.17) is 0 Å². The number of halogens is 1. The average molecular weight is 544 g/mol. The van der Waals surface area contributed by atoms with Gasteiger partial charge in [0, 0.05) is 57.1 Å². The van der Waals surface area contributed by atoms with Gasteiger partial charge in [-0.25, -0.2) is 9.18 Å². The van der Waals surface area contributed by atoms with Crippen LogP contribution in [0, 0.1) is 11.7 Å². The quantitative estimate of drug-likeness (QED) is 0.430. The summed E-state index contributed by atoms with van der Waals surface area (Å²) >= 11 is 0. The number of urea groups is 1. The third-order valence-electron chi connectivity index (χ3n) is 7.60. The molecule has 0 unspecified atom stereocenters. The summed E-state index contributed by atoms with van der Waals surface area (Å²) in [5, 5.41) is 5.63. The van der Waals surface area contributed by atoms with E-state index in [-0.39, 0.29) is 29.5 Å². The molecule has 40 heavy (non-hydrogen) atoms. The van der Waals surface area contributed by atoms with Gasteiger partial charge in [-0.05, 0) is 48.7 Å². The van der Waals surface area contributed by atoms with Crippen LogP contribution in [-0.4, -0.2) is 60.9 Å². The van der Waals surface area contributed by atoms with Gasteiger partial charge in [0.15, 0.2) is 0 Å². The fraction of sp³-hybridized carbons (Fsp3) is 0.323. The van der Waals surface area contributed by atoms with E-state index in [9.17, 15) is 18.8 Å². The molecule has 2 N–H and O–H groups in total. The fourth-order valence-electron chi connectivity index (χ4n) is 5.02. The molecule has 0 aromatic heterocycles. The maximum Gasteiger partial charge on any atom is 0.322 e. The van der Waals surface area contributed by atoms with Gasteiger partial charge in [-0.2, -0.15) is 0 Å². The van der Waals surface area contributed by atoms with Crippen LogP contribution in [0.4, 0.5) is 26.2 Å². The van der Waals surface area contributed by atoms with E-state index in [2.05, 4.69) is 15.5 Å². The van der Waals surface area contributed by atoms with Crippen LogP contribution in [0.5, 0.6) is 0 Å². The second kappa shape index (κ2) is 12.2. The Morgan fingerprint density at radius 2 is 1.60 bits per heavy atom. The number of piperazine rings is 1. The minimum Gasteiger partial charge on any atom is -0.367 e. The van der Waals surface area contributed by atoms with Crippen molar-refractivity contribution in [1.82, 2.24) is 9.80 Å². The summed E-state index contributed by atoms with van der Waals surface area (Å²) in [6.45, 7) is 2.27. The summed E-state index contributed by atoms with van der Waals surface area (Å²) in [5.41, 5.74) is 3.00. The molecule has 208 valence electrons. The summed E-state index contributed by atoms with van der Waals surface area (Å²) < 4.78 is 14.0. The van der Waals surface area contributed by atoms with Crippen molar-refractivity contribution in [3.8, 4) is 0 Å². The molecule has 0 bridgehead atoms. The lowest BCUT2D eigenvalue weighted by molar-refractivity contribution is -0.122. The standard InChI is InChI=1S/C31H34FN5O3/c1-35(21-22-8-3-2-4-9-22)30(39)25-20-24(33-29(38)23-10-7-11-23)14-15-28(25)36-16-18-37(19-17-36)31(40)34-27-13-6-5-12-26(27)32/h2-6,8-9,12-15,20,23H,7,10-11,16-19,21H2,1H3,(H,33,38)(H,34,40). The molecule has 1 heterocycles. The molecule has 0 radical (unpaired) electrons. The van der Waals surface area contributed by atoms with Gasteiger partial charge in [0.2, 0.25) is 5.91 Å². The summed E-state index contributed by atoms with van der Waals surface area (Å²) in [6, 6.07) is 20.9. The molecule has 1 saturated carbocycles. The van der Waals surface area contributed by atoms with Gasteiger partial charge in [0.1, 0.15) is 5.82 Å². The number of nitrogens with one attached hydrogen (secondary N) is 2. The minimum absolute atomic E-state index is 0.00970. The number of benzene rings is 3. The number of carbonyl (C=O) groups excluding carboxylic acids is 3. The Kier molecular flexibility index (Phi) is 8.28. The van der Waals surface area contributed by atoms with Crippen LogP contribution in [-0.2, 0) is 11.3 Å². The smallest absolute Gasteiger partial charge is 0.322 e. The van der Waals surface area contributed by atoms with E-state index < -0.39 is 5.82 Å². The molecule has 2 aliphatic rings. The van der Waals surface area contributed by atoms with Crippen molar-refractivity contribution in [2.75, 3.05) is 48.8 Å². The number of para-hydroxylation sites is 1. The van der Waals surface area contributed by atoms with E-state index in [0.29, 0.717) is 44.0 Å². The molecule has 3 aromatic carbocycles. The first-order valence-electron chi connectivity index (χ1n) is 13.7. The summed E-state index contributed by atoms with van der Waals surface area (Å²) in [6.07, 6.45) is 2.85. The predicted molar refractivity (Wildman–Crippen MR) is 154 cm³/mol. The largest absolute Gasteiger partial charge is 0.367 e. The lowest BCUT2D eigenvalue weighted by atomic mass is 9.85. The Morgan fingerprint density at radius 3 is 2.27 bits per heavy atom. The molecule has 0 atom stereocenters. The fourth-order valence-corrected chi connectivity index (χ4v) is 5.02. The zero-order valence-electron chi connectivity index (χ0n) is 22.6. The SMILES string of the molecule is CN(Cc1ccccc1)C(=O)c1cc(NC(=O)C2CCC2)ccc1N1CCN(C(=O)Nc2ccccc2F)CC1. The van der Waals surface area contributed by atoms with Gasteiger partial charge in [0.25, 0.3) is 5.91 Å². The molecular weight excluding hydrogens is 509 g/mol. The molecule has 4 amide bonds. The molecule has 5 rings (SSSR count). The third-order valence-corrected chi connectivity index (χ3v) is 7.60. The highest BCUT2D eigenvalue weighted by molar-refractivity contribution is 6.02. The molecule has 1 aliphatic heterocycles. The number of nitrogens with zero attached hydrogens (tertiary/aromatic N) is 3. The number of hydrogen-bond donors (Lipinski definition) is 2. The van der Waals surface area contributed by atoms with Crippen LogP contribution in [0.3, 0.4) is 0 Å². The molecule has 1 aliphatic carbocycles. The summed E-state index contributed by atoms with van der Waals surface area (Å²) in [5.74, 6) is -0.618. The van der Waals surface area contributed by atoms with Crippen LogP contribution in [0.15, 0.2) is 72.8 Å². The molecular formula is C31H34FN5O3. The van der Waals surface area contributed by atoms with Gasteiger partial charge < -0.3 is 25.3 Å². The van der Waals surface area contributed by atoms with E-state index in [0.717, 1.165) is 30.5 Å². The van der Waals surface area contributed by atoms with Crippen LogP contribution >= 0.6 is 0 Å². The zero-order chi connectivity index (χ0) is 28.1. The topological polar surface area (TPSA) is 85.0 Å². The minimum atomic E-state index is -0.484. The highest BCUT2D eigenvalue weighted by atomic mass is 19.1. The Balaban J connectivity index is 1.31. The van der Waals surface area contributed by atoms with Crippen LogP contribution in [0.2, 0.25) is 0 Å². The number of anilines is 3. The summed E-state index contributed by atoms with van der Waals surface area (Å²) in [7, 11) is 1.77. The lowest BCUT2D eigenvalue weighted by Crippen LogP contribution is -2.50. The Labute approximate surface area is 233 Å². The number of carbonyl (C=O) groups is 3. The van der Waals surface area contributed by atoms with Gasteiger partial charge in [0.05, 0.1) is 11.3 Å². The maximum atomic E-state index is 14.0. The monoisotopic (exact) mass is 543 g/mol. The first kappa shape index (κ1) is 27.2. The second-order valence-electron chi connectivity index (χ2n) is 10.4. The number of hydrogen-bond acceptors (Lipinski definition) is 4. The molecule has 0 spiro atoms. The zero-order valence-corrected chi connectivity index (χ0v) is 22.6. The first-order valence-corrected chi connectivity index (χ1v) is 13.7. The van der Waals surface area contributed by atoms with E-state index >= 15 is 0 Å². The van der Waals surface area contributed by atoms with Crippen molar-refractivity contribution >= 4 is 34.9 Å².